The lowest BCUT2D eigenvalue weighted by Crippen LogP contribution is -2.49. The second-order valence-electron chi connectivity index (χ2n) is 7.64. The van der Waals surface area contributed by atoms with Crippen LogP contribution in [0.1, 0.15) is 30.9 Å². The van der Waals surface area contributed by atoms with E-state index in [1.807, 2.05) is 56.3 Å². The summed E-state index contributed by atoms with van der Waals surface area (Å²) in [6.45, 7) is 5.90. The van der Waals surface area contributed by atoms with Gasteiger partial charge >= 0.3 is 5.97 Å². The van der Waals surface area contributed by atoms with Crippen molar-refractivity contribution in [3.8, 4) is 0 Å². The third-order valence-electron chi connectivity index (χ3n) is 5.76. The van der Waals surface area contributed by atoms with Crippen molar-refractivity contribution >= 4 is 28.2 Å². The first-order valence-corrected chi connectivity index (χ1v) is 11.8. The Labute approximate surface area is 185 Å². The van der Waals surface area contributed by atoms with Gasteiger partial charge in [-0.05, 0) is 57.5 Å². The summed E-state index contributed by atoms with van der Waals surface area (Å²) in [5, 5.41) is 0. The number of carbonyl (C=O) groups is 1. The Morgan fingerprint density at radius 1 is 1.03 bits per heavy atom. The smallest absolute Gasteiger partial charge is 0.316 e. The largest absolute Gasteiger partial charge is 0.465 e. The van der Waals surface area contributed by atoms with E-state index >= 15 is 0 Å². The first kappa shape index (κ1) is 24.4. The Bertz CT molecular complexity index is 921. The van der Waals surface area contributed by atoms with Crippen LogP contribution in [0.25, 0.3) is 0 Å². The summed E-state index contributed by atoms with van der Waals surface area (Å²) in [7, 11) is -3.32. The molecular formula is C23H30ClNO4S. The maximum Gasteiger partial charge on any atom is 0.316 e. The molecule has 0 unspecified atom stereocenters. The van der Waals surface area contributed by atoms with Gasteiger partial charge in [-0.3, -0.25) is 4.79 Å². The number of esters is 1. The van der Waals surface area contributed by atoms with Gasteiger partial charge in [-0.25, -0.2) is 8.42 Å². The predicted molar refractivity (Wildman–Crippen MR) is 121 cm³/mol. The fraction of sp³-hybridized carbons (Fsp3) is 0.435. The van der Waals surface area contributed by atoms with Crippen molar-refractivity contribution in [2.24, 2.45) is 0 Å². The van der Waals surface area contributed by atoms with Crippen LogP contribution < -0.4 is 0 Å². The van der Waals surface area contributed by atoms with E-state index in [0.717, 1.165) is 11.1 Å². The molecule has 0 aromatic heterocycles. The predicted octanol–water partition coefficient (Wildman–Crippen LogP) is 3.79. The lowest BCUT2D eigenvalue weighted by atomic mass is 9.72. The molecule has 2 aromatic rings. The van der Waals surface area contributed by atoms with Gasteiger partial charge in [0, 0.05) is 6.54 Å². The molecule has 0 radical (unpaired) electrons. The van der Waals surface area contributed by atoms with Gasteiger partial charge in [0.15, 0.2) is 9.84 Å². The summed E-state index contributed by atoms with van der Waals surface area (Å²) in [5.41, 5.74) is 1.37. The van der Waals surface area contributed by atoms with Crippen LogP contribution in [0.5, 0.6) is 0 Å². The maximum absolute atomic E-state index is 12.8. The van der Waals surface area contributed by atoms with E-state index < -0.39 is 15.3 Å². The van der Waals surface area contributed by atoms with Gasteiger partial charge in [-0.15, -0.1) is 12.4 Å². The van der Waals surface area contributed by atoms with Crippen LogP contribution in [0.4, 0.5) is 0 Å². The number of halogens is 1. The van der Waals surface area contributed by atoms with Crippen LogP contribution in [-0.2, 0) is 24.8 Å². The molecule has 1 heterocycles. The number of sulfone groups is 1. The molecule has 0 atom stereocenters. The van der Waals surface area contributed by atoms with Crippen LogP contribution >= 0.6 is 12.4 Å². The van der Waals surface area contributed by atoms with Crippen molar-refractivity contribution in [1.29, 1.82) is 0 Å². The van der Waals surface area contributed by atoms with Gasteiger partial charge in [0.2, 0.25) is 0 Å². The Hall–Kier alpha value is -1.89. The van der Waals surface area contributed by atoms with Crippen LogP contribution in [0.3, 0.4) is 0 Å². The number of nitrogens with zero attached hydrogens (tertiary/aromatic N) is 1. The van der Waals surface area contributed by atoms with E-state index in [0.29, 0.717) is 44.0 Å². The fourth-order valence-corrected chi connectivity index (χ4v) is 5.19. The molecule has 7 heteroatoms. The Morgan fingerprint density at radius 3 is 2.20 bits per heavy atom. The Morgan fingerprint density at radius 2 is 1.63 bits per heavy atom. The minimum atomic E-state index is -3.32. The molecule has 3 rings (SSSR count). The summed E-state index contributed by atoms with van der Waals surface area (Å²) < 4.78 is 30.7. The summed E-state index contributed by atoms with van der Waals surface area (Å²) in [5.74, 6) is -0.105. The third kappa shape index (κ3) is 5.42. The number of ether oxygens (including phenoxy) is 1. The first-order valence-electron chi connectivity index (χ1n) is 10.1. The van der Waals surface area contributed by atoms with E-state index in [1.165, 1.54) is 0 Å². The van der Waals surface area contributed by atoms with Gasteiger partial charge in [0.05, 0.1) is 22.7 Å². The highest BCUT2D eigenvalue weighted by atomic mass is 35.5. The van der Waals surface area contributed by atoms with Gasteiger partial charge in [0.25, 0.3) is 0 Å². The highest BCUT2D eigenvalue weighted by Crippen LogP contribution is 2.37. The normalized spacial score (nSPS) is 16.5. The highest BCUT2D eigenvalue weighted by Gasteiger charge is 2.44. The second-order valence-corrected chi connectivity index (χ2v) is 9.75. The molecule has 1 aliphatic rings. The average molecular weight is 452 g/mol. The van der Waals surface area contributed by atoms with Crippen molar-refractivity contribution in [2.75, 3.05) is 32.0 Å². The number of carbonyl (C=O) groups excluding carboxylic acids is 1. The molecular weight excluding hydrogens is 422 g/mol. The second kappa shape index (κ2) is 10.4. The summed E-state index contributed by atoms with van der Waals surface area (Å²) >= 11 is 0. The zero-order valence-electron chi connectivity index (χ0n) is 17.5. The lowest BCUT2D eigenvalue weighted by Gasteiger charge is -2.40. The van der Waals surface area contributed by atoms with E-state index in [1.54, 1.807) is 12.1 Å². The van der Waals surface area contributed by atoms with E-state index in [2.05, 4.69) is 4.90 Å². The van der Waals surface area contributed by atoms with E-state index in [-0.39, 0.29) is 24.1 Å². The molecule has 1 fully saturated rings. The van der Waals surface area contributed by atoms with Gasteiger partial charge < -0.3 is 9.64 Å². The van der Waals surface area contributed by atoms with Crippen LogP contribution in [0, 0.1) is 6.92 Å². The minimum absolute atomic E-state index is 0. The highest BCUT2D eigenvalue weighted by molar-refractivity contribution is 7.91. The van der Waals surface area contributed by atoms with Crippen LogP contribution in [0.2, 0.25) is 0 Å². The molecule has 0 saturated carbocycles. The Kier molecular flexibility index (Phi) is 8.47. The van der Waals surface area contributed by atoms with E-state index in [4.69, 9.17) is 4.74 Å². The van der Waals surface area contributed by atoms with Crippen LogP contribution in [0.15, 0.2) is 59.5 Å². The maximum atomic E-state index is 12.8. The summed E-state index contributed by atoms with van der Waals surface area (Å²) in [6, 6.07) is 16.8. The molecule has 1 aliphatic heterocycles. The molecule has 164 valence electrons. The minimum Gasteiger partial charge on any atom is -0.465 e. The standard InChI is InChI=1S/C23H29NO4S.ClH/c1-3-28-22(25)23(20-7-5-4-6-8-20)13-15-24(16-14-23)17-18-29(26,27)21-11-9-19(2)10-12-21;/h4-12H,3,13-18H2,1-2H3;1H. The van der Waals surface area contributed by atoms with Crippen molar-refractivity contribution in [3.63, 3.8) is 0 Å². The molecule has 30 heavy (non-hydrogen) atoms. The molecule has 0 spiro atoms. The van der Waals surface area contributed by atoms with Crippen molar-refractivity contribution in [3.05, 3.63) is 65.7 Å². The molecule has 0 amide bonds. The summed E-state index contributed by atoms with van der Waals surface area (Å²) in [6.07, 6.45) is 1.25. The molecule has 2 aromatic carbocycles. The number of hydrogen-bond donors (Lipinski definition) is 0. The average Bonchev–Trinajstić information content (AvgIpc) is 2.74. The molecule has 1 saturated heterocycles. The number of piperidine rings is 1. The number of hydrogen-bond acceptors (Lipinski definition) is 5. The van der Waals surface area contributed by atoms with Crippen LogP contribution in [-0.4, -0.2) is 51.3 Å². The zero-order chi connectivity index (χ0) is 20.9. The van der Waals surface area contributed by atoms with Crippen molar-refractivity contribution in [2.45, 2.75) is 37.0 Å². The topological polar surface area (TPSA) is 63.7 Å². The molecule has 0 N–H and O–H groups in total. The number of aryl methyl sites for hydroxylation is 1. The van der Waals surface area contributed by atoms with Crippen molar-refractivity contribution in [1.82, 2.24) is 4.90 Å². The number of likely N-dealkylation sites (tertiary alicyclic amines) is 1. The molecule has 0 bridgehead atoms. The summed E-state index contributed by atoms with van der Waals surface area (Å²) in [4.78, 5) is 15.3. The quantitative estimate of drug-likeness (QED) is 0.599. The Balaban J connectivity index is 0.00000320. The molecule has 5 nitrogen and oxygen atoms in total. The third-order valence-corrected chi connectivity index (χ3v) is 7.47. The van der Waals surface area contributed by atoms with Gasteiger partial charge in [-0.1, -0.05) is 48.0 Å². The molecule has 0 aliphatic carbocycles. The SMILES string of the molecule is CCOC(=O)C1(c2ccccc2)CCN(CCS(=O)(=O)c2ccc(C)cc2)CC1.Cl. The van der Waals surface area contributed by atoms with Crippen molar-refractivity contribution < 1.29 is 17.9 Å². The first-order chi connectivity index (χ1) is 13.9. The fourth-order valence-electron chi connectivity index (χ4n) is 3.91. The monoisotopic (exact) mass is 451 g/mol. The van der Waals surface area contributed by atoms with Gasteiger partial charge in [0.1, 0.15) is 0 Å². The van der Waals surface area contributed by atoms with Gasteiger partial charge in [-0.2, -0.15) is 0 Å². The number of rotatable bonds is 7. The number of benzene rings is 2. The zero-order valence-corrected chi connectivity index (χ0v) is 19.2. The lowest BCUT2D eigenvalue weighted by molar-refractivity contribution is -0.152. The van der Waals surface area contributed by atoms with E-state index in [9.17, 15) is 13.2 Å².